The molecule has 2 rings (SSSR count). The maximum atomic E-state index is 12.0. The molecule has 0 aliphatic heterocycles. The summed E-state index contributed by atoms with van der Waals surface area (Å²) in [7, 11) is 0. The summed E-state index contributed by atoms with van der Waals surface area (Å²) in [5.41, 5.74) is 5.66. The van der Waals surface area contributed by atoms with Gasteiger partial charge in [-0.15, -0.1) is 0 Å². The molecule has 3 heteroatoms. The zero-order chi connectivity index (χ0) is 12.3. The molecule has 2 aliphatic rings. The fourth-order valence-electron chi connectivity index (χ4n) is 2.90. The van der Waals surface area contributed by atoms with Gasteiger partial charge in [0.25, 0.3) is 0 Å². The Balaban J connectivity index is 1.65. The molecule has 1 unspecified atom stereocenters. The minimum atomic E-state index is 0.254. The van der Waals surface area contributed by atoms with Crippen LogP contribution in [0.2, 0.25) is 0 Å². The summed E-state index contributed by atoms with van der Waals surface area (Å²) in [5.74, 6) is 2.74. The molecule has 3 N–H and O–H groups in total. The van der Waals surface area contributed by atoms with Gasteiger partial charge in [0.1, 0.15) is 0 Å². The molecule has 1 atom stereocenters. The van der Waals surface area contributed by atoms with Crippen molar-refractivity contribution < 1.29 is 4.79 Å². The van der Waals surface area contributed by atoms with Crippen LogP contribution in [0.1, 0.15) is 45.4 Å². The smallest absolute Gasteiger partial charge is 0.223 e. The van der Waals surface area contributed by atoms with E-state index in [-0.39, 0.29) is 11.8 Å². The molecular weight excluding hydrogens is 212 g/mol. The molecular formula is C14H26N2O. The molecule has 0 aromatic heterocycles. The first-order valence-corrected chi connectivity index (χ1v) is 7.18. The molecule has 0 aromatic carbocycles. The van der Waals surface area contributed by atoms with E-state index in [2.05, 4.69) is 12.2 Å². The first-order valence-electron chi connectivity index (χ1n) is 7.18. The van der Waals surface area contributed by atoms with Crippen LogP contribution in [0.25, 0.3) is 0 Å². The Morgan fingerprint density at radius 3 is 2.41 bits per heavy atom. The van der Waals surface area contributed by atoms with Crippen molar-refractivity contribution >= 4 is 5.91 Å². The van der Waals surface area contributed by atoms with Crippen LogP contribution in [0.3, 0.4) is 0 Å². The first kappa shape index (κ1) is 12.9. The van der Waals surface area contributed by atoms with Gasteiger partial charge in [0.05, 0.1) is 0 Å². The van der Waals surface area contributed by atoms with Crippen molar-refractivity contribution in [2.75, 3.05) is 13.1 Å². The number of rotatable bonds is 5. The first-order chi connectivity index (χ1) is 8.20. The summed E-state index contributed by atoms with van der Waals surface area (Å²) >= 11 is 0. The highest BCUT2D eigenvalue weighted by Gasteiger charge is 2.29. The molecule has 3 nitrogen and oxygen atoms in total. The lowest BCUT2D eigenvalue weighted by Crippen LogP contribution is -2.36. The third kappa shape index (κ3) is 3.70. The van der Waals surface area contributed by atoms with E-state index in [4.69, 9.17) is 5.73 Å². The highest BCUT2D eigenvalue weighted by molar-refractivity contribution is 5.78. The van der Waals surface area contributed by atoms with Gasteiger partial charge in [-0.1, -0.05) is 6.92 Å². The Hall–Kier alpha value is -0.570. The van der Waals surface area contributed by atoms with Gasteiger partial charge in [0, 0.05) is 12.5 Å². The maximum Gasteiger partial charge on any atom is 0.223 e. The van der Waals surface area contributed by atoms with Gasteiger partial charge in [0.15, 0.2) is 0 Å². The summed E-state index contributed by atoms with van der Waals surface area (Å²) in [6, 6.07) is 0. The minimum Gasteiger partial charge on any atom is -0.356 e. The van der Waals surface area contributed by atoms with Crippen LogP contribution in [0.4, 0.5) is 0 Å². The minimum absolute atomic E-state index is 0.254. The van der Waals surface area contributed by atoms with Crippen molar-refractivity contribution in [3.05, 3.63) is 0 Å². The average Bonchev–Trinajstić information content (AvgIpc) is 3.20. The number of nitrogens with one attached hydrogen (secondary N) is 1. The van der Waals surface area contributed by atoms with Gasteiger partial charge in [-0.25, -0.2) is 0 Å². The van der Waals surface area contributed by atoms with E-state index in [9.17, 15) is 4.79 Å². The van der Waals surface area contributed by atoms with E-state index in [0.29, 0.717) is 11.8 Å². The highest BCUT2D eigenvalue weighted by Crippen LogP contribution is 2.36. The third-order valence-corrected chi connectivity index (χ3v) is 4.58. The number of nitrogens with two attached hydrogens (primary N) is 1. The van der Waals surface area contributed by atoms with Crippen LogP contribution in [-0.2, 0) is 4.79 Å². The zero-order valence-electron chi connectivity index (χ0n) is 11.0. The fourth-order valence-corrected chi connectivity index (χ4v) is 2.90. The van der Waals surface area contributed by atoms with E-state index in [1.165, 1.54) is 12.8 Å². The number of amides is 1. The molecule has 0 spiro atoms. The summed E-state index contributed by atoms with van der Waals surface area (Å²) in [5, 5.41) is 3.14. The normalized spacial score (nSPS) is 30.9. The molecule has 0 saturated heterocycles. The predicted molar refractivity (Wildman–Crippen MR) is 69.4 cm³/mol. The van der Waals surface area contributed by atoms with Gasteiger partial charge >= 0.3 is 0 Å². The second-order valence-electron chi connectivity index (χ2n) is 6.01. The van der Waals surface area contributed by atoms with E-state index in [0.717, 1.165) is 44.7 Å². The van der Waals surface area contributed by atoms with Crippen LogP contribution in [-0.4, -0.2) is 19.0 Å². The lowest BCUT2D eigenvalue weighted by Gasteiger charge is -2.27. The Bertz CT molecular complexity index is 255. The second kappa shape index (κ2) is 5.85. The van der Waals surface area contributed by atoms with Crippen molar-refractivity contribution in [1.29, 1.82) is 0 Å². The maximum absolute atomic E-state index is 12.0. The van der Waals surface area contributed by atoms with Crippen molar-refractivity contribution in [2.45, 2.75) is 45.4 Å². The van der Waals surface area contributed by atoms with Crippen LogP contribution < -0.4 is 11.1 Å². The van der Waals surface area contributed by atoms with E-state index < -0.39 is 0 Å². The van der Waals surface area contributed by atoms with Crippen LogP contribution >= 0.6 is 0 Å². The average molecular weight is 238 g/mol. The van der Waals surface area contributed by atoms with Crippen LogP contribution in [0, 0.1) is 23.7 Å². The second-order valence-corrected chi connectivity index (χ2v) is 6.01. The van der Waals surface area contributed by atoms with Gasteiger partial charge in [-0.05, 0) is 62.8 Å². The molecule has 0 radical (unpaired) electrons. The quantitative estimate of drug-likeness (QED) is 0.769. The Morgan fingerprint density at radius 2 is 1.88 bits per heavy atom. The molecule has 2 fully saturated rings. The van der Waals surface area contributed by atoms with Crippen LogP contribution in [0.15, 0.2) is 0 Å². The largest absolute Gasteiger partial charge is 0.356 e. The van der Waals surface area contributed by atoms with Gasteiger partial charge < -0.3 is 11.1 Å². The number of hydrogen-bond acceptors (Lipinski definition) is 2. The van der Waals surface area contributed by atoms with Gasteiger partial charge in [-0.2, -0.15) is 0 Å². The lowest BCUT2D eigenvalue weighted by atomic mass is 9.81. The van der Waals surface area contributed by atoms with Crippen molar-refractivity contribution in [3.63, 3.8) is 0 Å². The van der Waals surface area contributed by atoms with Crippen molar-refractivity contribution in [2.24, 2.45) is 29.4 Å². The SMILES string of the molecule is CC(CNC(=O)C1CCC(CN)CC1)C1CC1. The number of carbonyl (C=O) groups excluding carboxylic acids is 1. The Kier molecular flexibility index (Phi) is 4.43. The number of carbonyl (C=O) groups is 1. The lowest BCUT2D eigenvalue weighted by molar-refractivity contribution is -0.126. The topological polar surface area (TPSA) is 55.1 Å². The Morgan fingerprint density at radius 1 is 1.24 bits per heavy atom. The third-order valence-electron chi connectivity index (χ3n) is 4.58. The summed E-state index contributed by atoms with van der Waals surface area (Å²) in [6.07, 6.45) is 7.05. The zero-order valence-corrected chi connectivity index (χ0v) is 11.0. The molecule has 17 heavy (non-hydrogen) atoms. The highest BCUT2D eigenvalue weighted by atomic mass is 16.1. The molecule has 98 valence electrons. The van der Waals surface area contributed by atoms with Crippen LogP contribution in [0.5, 0.6) is 0 Å². The summed E-state index contributed by atoms with van der Waals surface area (Å²) in [4.78, 5) is 12.0. The monoisotopic (exact) mass is 238 g/mol. The summed E-state index contributed by atoms with van der Waals surface area (Å²) < 4.78 is 0. The fraction of sp³-hybridized carbons (Fsp3) is 0.929. The van der Waals surface area contributed by atoms with E-state index in [1.807, 2.05) is 0 Å². The molecule has 2 aliphatic carbocycles. The molecule has 0 bridgehead atoms. The molecule has 2 saturated carbocycles. The predicted octanol–water partition coefficient (Wildman–Crippen LogP) is 1.91. The molecule has 0 heterocycles. The molecule has 1 amide bonds. The standard InChI is InChI=1S/C14H26N2O/c1-10(12-6-7-12)9-16-14(17)13-4-2-11(8-15)3-5-13/h10-13H,2-9,15H2,1H3,(H,16,17). The van der Waals surface area contributed by atoms with E-state index >= 15 is 0 Å². The van der Waals surface area contributed by atoms with Gasteiger partial charge in [-0.3, -0.25) is 4.79 Å². The Labute approximate surface area is 105 Å². The van der Waals surface area contributed by atoms with Gasteiger partial charge in [0.2, 0.25) is 5.91 Å². The summed E-state index contributed by atoms with van der Waals surface area (Å²) in [6.45, 7) is 3.91. The number of hydrogen-bond donors (Lipinski definition) is 2. The van der Waals surface area contributed by atoms with E-state index in [1.54, 1.807) is 0 Å². The van der Waals surface area contributed by atoms with Crippen molar-refractivity contribution in [3.8, 4) is 0 Å². The molecule has 0 aromatic rings. The van der Waals surface area contributed by atoms with Crippen molar-refractivity contribution in [1.82, 2.24) is 5.32 Å².